The van der Waals surface area contributed by atoms with Crippen LogP contribution in [0.5, 0.6) is 0 Å². The Bertz CT molecular complexity index is 827. The molecule has 2 aliphatic rings. The zero-order valence-corrected chi connectivity index (χ0v) is 19.2. The van der Waals surface area contributed by atoms with E-state index in [4.69, 9.17) is 0 Å². The number of carbonyl (C=O) groups is 2. The van der Waals surface area contributed by atoms with Gasteiger partial charge in [0.25, 0.3) is 5.91 Å². The first-order valence-corrected chi connectivity index (χ1v) is 10.9. The summed E-state index contributed by atoms with van der Waals surface area (Å²) < 4.78 is 0. The van der Waals surface area contributed by atoms with Gasteiger partial charge < -0.3 is 15.5 Å². The molecule has 4 rings (SSSR count). The van der Waals surface area contributed by atoms with Gasteiger partial charge in [-0.15, -0.1) is 36.2 Å². The van der Waals surface area contributed by atoms with Crippen LogP contribution in [0, 0.1) is 5.92 Å². The second-order valence-electron chi connectivity index (χ2n) is 7.56. The zero-order valence-electron chi connectivity index (χ0n) is 16.7. The van der Waals surface area contributed by atoms with E-state index in [2.05, 4.69) is 15.6 Å². The van der Waals surface area contributed by atoms with E-state index in [0.717, 1.165) is 49.3 Å². The Hall–Kier alpha value is -1.67. The van der Waals surface area contributed by atoms with Crippen LogP contribution in [0.15, 0.2) is 35.7 Å². The van der Waals surface area contributed by atoms with Crippen molar-refractivity contribution in [3.63, 3.8) is 0 Å². The molecule has 1 aromatic carbocycles. The van der Waals surface area contributed by atoms with Crippen molar-refractivity contribution in [2.45, 2.75) is 31.7 Å². The lowest BCUT2D eigenvalue weighted by atomic mass is 9.97. The van der Waals surface area contributed by atoms with E-state index in [1.165, 1.54) is 11.3 Å². The molecule has 2 aromatic rings. The van der Waals surface area contributed by atoms with Gasteiger partial charge in [-0.1, -0.05) is 30.3 Å². The number of hydrogen-bond acceptors (Lipinski definition) is 5. The molecule has 6 nitrogen and oxygen atoms in total. The van der Waals surface area contributed by atoms with E-state index in [1.54, 1.807) is 0 Å². The Morgan fingerprint density at radius 3 is 2.70 bits per heavy atom. The minimum absolute atomic E-state index is 0. The summed E-state index contributed by atoms with van der Waals surface area (Å²) in [5, 5.41) is 9.01. The van der Waals surface area contributed by atoms with Gasteiger partial charge in [0.2, 0.25) is 5.91 Å². The molecule has 0 aliphatic carbocycles. The SMILES string of the molecule is Cl.Cl.O=C(NCC1CCCN(C(=O)c2csc(-c3ccccc3)n2)C1)C1CCCN1. The van der Waals surface area contributed by atoms with E-state index in [9.17, 15) is 9.59 Å². The summed E-state index contributed by atoms with van der Waals surface area (Å²) in [6.07, 6.45) is 3.97. The fraction of sp³-hybridized carbons (Fsp3) is 0.476. The quantitative estimate of drug-likeness (QED) is 0.702. The van der Waals surface area contributed by atoms with Crippen LogP contribution < -0.4 is 10.6 Å². The molecule has 3 heterocycles. The standard InChI is InChI=1S/C21H26N4O2S.2ClH/c26-19(17-9-4-10-22-17)23-12-15-6-5-11-25(13-15)21(27)18-14-28-20(24-18)16-7-2-1-3-8-16;;/h1-3,7-8,14-15,17,22H,4-6,9-13H2,(H,23,26);2*1H. The Morgan fingerprint density at radius 2 is 1.97 bits per heavy atom. The second kappa shape index (κ2) is 11.6. The van der Waals surface area contributed by atoms with Crippen LogP contribution >= 0.6 is 36.2 Å². The Balaban J connectivity index is 0.00000160. The number of thiazole rings is 1. The van der Waals surface area contributed by atoms with E-state index in [0.29, 0.717) is 24.7 Å². The lowest BCUT2D eigenvalue weighted by Gasteiger charge is -2.32. The smallest absolute Gasteiger partial charge is 0.273 e. The van der Waals surface area contributed by atoms with Gasteiger partial charge in [0, 0.05) is 30.6 Å². The molecule has 30 heavy (non-hydrogen) atoms. The maximum Gasteiger partial charge on any atom is 0.273 e. The Kier molecular flexibility index (Phi) is 9.55. The molecule has 0 bridgehead atoms. The van der Waals surface area contributed by atoms with Crippen LogP contribution in [0.1, 0.15) is 36.2 Å². The summed E-state index contributed by atoms with van der Waals surface area (Å²) in [4.78, 5) is 31.6. The van der Waals surface area contributed by atoms with Gasteiger partial charge in [0.05, 0.1) is 6.04 Å². The fourth-order valence-electron chi connectivity index (χ4n) is 3.94. The molecule has 9 heteroatoms. The highest BCUT2D eigenvalue weighted by molar-refractivity contribution is 7.13. The lowest BCUT2D eigenvalue weighted by Crippen LogP contribution is -2.46. The van der Waals surface area contributed by atoms with Gasteiger partial charge >= 0.3 is 0 Å². The van der Waals surface area contributed by atoms with Crippen LogP contribution in [0.3, 0.4) is 0 Å². The molecule has 2 fully saturated rings. The number of piperidine rings is 1. The third-order valence-electron chi connectivity index (χ3n) is 5.49. The number of hydrogen-bond donors (Lipinski definition) is 2. The summed E-state index contributed by atoms with van der Waals surface area (Å²) >= 11 is 1.50. The average Bonchev–Trinajstić information content (AvgIpc) is 3.45. The maximum absolute atomic E-state index is 12.9. The lowest BCUT2D eigenvalue weighted by molar-refractivity contribution is -0.123. The third kappa shape index (κ3) is 5.94. The van der Waals surface area contributed by atoms with Crippen molar-refractivity contribution in [3.05, 3.63) is 41.4 Å². The number of nitrogens with one attached hydrogen (secondary N) is 2. The predicted molar refractivity (Wildman–Crippen MR) is 125 cm³/mol. The normalized spacial score (nSPS) is 20.7. The Morgan fingerprint density at radius 1 is 1.17 bits per heavy atom. The van der Waals surface area contributed by atoms with Crippen LogP contribution in [0.2, 0.25) is 0 Å². The van der Waals surface area contributed by atoms with E-state index in [-0.39, 0.29) is 42.7 Å². The van der Waals surface area contributed by atoms with Crippen molar-refractivity contribution in [2.24, 2.45) is 5.92 Å². The van der Waals surface area contributed by atoms with Crippen molar-refractivity contribution < 1.29 is 9.59 Å². The molecular weight excluding hydrogens is 443 g/mol. The largest absolute Gasteiger partial charge is 0.354 e. The van der Waals surface area contributed by atoms with Crippen molar-refractivity contribution in [1.82, 2.24) is 20.5 Å². The summed E-state index contributed by atoms with van der Waals surface area (Å²) in [7, 11) is 0. The zero-order chi connectivity index (χ0) is 19.3. The van der Waals surface area contributed by atoms with Crippen LogP contribution in [0.25, 0.3) is 10.6 Å². The van der Waals surface area contributed by atoms with Gasteiger partial charge in [-0.3, -0.25) is 9.59 Å². The number of halogens is 2. The minimum atomic E-state index is -0.0484. The molecule has 0 radical (unpaired) electrons. The summed E-state index contributed by atoms with van der Waals surface area (Å²) in [6.45, 7) is 2.98. The average molecular weight is 471 g/mol. The summed E-state index contributed by atoms with van der Waals surface area (Å²) in [5.41, 5.74) is 1.55. The molecular formula is C21H28Cl2N4O2S. The minimum Gasteiger partial charge on any atom is -0.354 e. The molecule has 164 valence electrons. The van der Waals surface area contributed by atoms with E-state index < -0.39 is 0 Å². The van der Waals surface area contributed by atoms with Crippen molar-refractivity contribution in [1.29, 1.82) is 0 Å². The maximum atomic E-state index is 12.9. The van der Waals surface area contributed by atoms with Gasteiger partial charge in [-0.2, -0.15) is 0 Å². The molecule has 2 amide bonds. The van der Waals surface area contributed by atoms with Gasteiger partial charge in [0.15, 0.2) is 0 Å². The van der Waals surface area contributed by atoms with Gasteiger partial charge in [-0.25, -0.2) is 4.98 Å². The van der Waals surface area contributed by atoms with Gasteiger partial charge in [0.1, 0.15) is 10.7 Å². The summed E-state index contributed by atoms with van der Waals surface area (Å²) in [6, 6.07) is 9.88. The molecule has 2 aliphatic heterocycles. The van der Waals surface area contributed by atoms with Crippen LogP contribution in [0.4, 0.5) is 0 Å². The number of aromatic nitrogens is 1. The van der Waals surface area contributed by atoms with Gasteiger partial charge in [-0.05, 0) is 38.1 Å². The summed E-state index contributed by atoms with van der Waals surface area (Å²) in [5.74, 6) is 0.384. The monoisotopic (exact) mass is 470 g/mol. The van der Waals surface area contributed by atoms with E-state index in [1.807, 2.05) is 40.6 Å². The third-order valence-corrected chi connectivity index (χ3v) is 6.38. The second-order valence-corrected chi connectivity index (χ2v) is 8.42. The number of nitrogens with zero attached hydrogens (tertiary/aromatic N) is 2. The predicted octanol–water partition coefficient (Wildman–Crippen LogP) is 3.37. The molecule has 2 atom stereocenters. The number of amides is 2. The van der Waals surface area contributed by atoms with Crippen molar-refractivity contribution in [2.75, 3.05) is 26.2 Å². The highest BCUT2D eigenvalue weighted by Crippen LogP contribution is 2.25. The van der Waals surface area contributed by atoms with Crippen LogP contribution in [-0.4, -0.2) is 53.9 Å². The van der Waals surface area contributed by atoms with Crippen LogP contribution in [-0.2, 0) is 4.79 Å². The first-order chi connectivity index (χ1) is 13.7. The first kappa shape index (κ1) is 24.6. The number of carbonyl (C=O) groups excluding carboxylic acids is 2. The topological polar surface area (TPSA) is 74.3 Å². The van der Waals surface area contributed by atoms with Crippen molar-refractivity contribution >= 4 is 48.0 Å². The highest BCUT2D eigenvalue weighted by Gasteiger charge is 2.27. The van der Waals surface area contributed by atoms with Crippen molar-refractivity contribution in [3.8, 4) is 10.6 Å². The van der Waals surface area contributed by atoms with E-state index >= 15 is 0 Å². The molecule has 2 N–H and O–H groups in total. The fourth-order valence-corrected chi connectivity index (χ4v) is 4.74. The molecule has 2 unspecified atom stereocenters. The first-order valence-electron chi connectivity index (χ1n) is 10.0. The highest BCUT2D eigenvalue weighted by atomic mass is 35.5. The molecule has 0 spiro atoms. The molecule has 2 saturated heterocycles. The number of likely N-dealkylation sites (tertiary alicyclic amines) is 1. The molecule has 0 saturated carbocycles. The Labute approximate surface area is 193 Å². The molecule has 1 aromatic heterocycles. The number of rotatable bonds is 5. The number of benzene rings is 1.